The summed E-state index contributed by atoms with van der Waals surface area (Å²) in [5, 5.41) is 0. The van der Waals surface area contributed by atoms with Gasteiger partial charge in [-0.25, -0.2) is 22.3 Å². The quantitative estimate of drug-likeness (QED) is 0.549. The Hall–Kier alpha value is -2.42. The lowest BCUT2D eigenvalue weighted by molar-refractivity contribution is -0.157. The van der Waals surface area contributed by atoms with Gasteiger partial charge in [0.2, 0.25) is 6.04 Å². The lowest BCUT2D eigenvalue weighted by atomic mass is 10.2. The molecular formula is C12H11NO7S. The summed E-state index contributed by atoms with van der Waals surface area (Å²) >= 11 is 0. The largest absolute Gasteiger partial charge is 0.467 e. The zero-order valence-electron chi connectivity index (χ0n) is 11.1. The van der Waals surface area contributed by atoms with Gasteiger partial charge in [0.1, 0.15) is 4.90 Å². The molecule has 21 heavy (non-hydrogen) atoms. The van der Waals surface area contributed by atoms with Crippen molar-refractivity contribution in [3.8, 4) is 0 Å². The Morgan fingerprint density at radius 1 is 1.10 bits per heavy atom. The predicted molar refractivity (Wildman–Crippen MR) is 67.6 cm³/mol. The molecule has 0 radical (unpaired) electrons. The molecule has 2 rings (SSSR count). The second-order valence-corrected chi connectivity index (χ2v) is 5.83. The van der Waals surface area contributed by atoms with Crippen LogP contribution in [-0.4, -0.2) is 50.8 Å². The molecule has 0 N–H and O–H groups in total. The van der Waals surface area contributed by atoms with Gasteiger partial charge in [-0.2, -0.15) is 0 Å². The average Bonchev–Trinajstić information content (AvgIpc) is 2.68. The number of carbonyl (C=O) groups excluding carboxylic acids is 3. The van der Waals surface area contributed by atoms with E-state index in [4.69, 9.17) is 0 Å². The van der Waals surface area contributed by atoms with E-state index in [9.17, 15) is 22.8 Å². The highest BCUT2D eigenvalue weighted by molar-refractivity contribution is 7.90. The smallest absolute Gasteiger partial charge is 0.341 e. The maximum atomic E-state index is 12.4. The maximum Gasteiger partial charge on any atom is 0.341 e. The molecule has 0 spiro atoms. The number of methoxy groups -OCH3 is 2. The van der Waals surface area contributed by atoms with Crippen molar-refractivity contribution in [3.63, 3.8) is 0 Å². The third kappa shape index (κ3) is 2.15. The molecule has 0 atom stereocenters. The zero-order chi connectivity index (χ0) is 15.8. The topological polar surface area (TPSA) is 107 Å². The first-order valence-corrected chi connectivity index (χ1v) is 7.13. The molecule has 1 amide bonds. The Morgan fingerprint density at radius 2 is 1.62 bits per heavy atom. The number of benzene rings is 1. The molecule has 0 saturated heterocycles. The standard InChI is InChI=1S/C12H11NO7S/c1-19-11(15)9(12(16)20-2)13-10(14)7-5-3-4-6-8(7)21(13,17)18/h3-6,9H,1-2H3. The van der Waals surface area contributed by atoms with Crippen molar-refractivity contribution in [1.29, 1.82) is 0 Å². The van der Waals surface area contributed by atoms with Crippen molar-refractivity contribution in [2.45, 2.75) is 10.9 Å². The lowest BCUT2D eigenvalue weighted by Crippen LogP contribution is -2.50. The van der Waals surface area contributed by atoms with Crippen LogP contribution in [0.5, 0.6) is 0 Å². The number of ether oxygens (including phenoxy) is 2. The summed E-state index contributed by atoms with van der Waals surface area (Å²) in [7, 11) is -2.38. The van der Waals surface area contributed by atoms with E-state index in [-0.39, 0.29) is 14.8 Å². The molecule has 0 aliphatic carbocycles. The molecule has 112 valence electrons. The van der Waals surface area contributed by atoms with E-state index in [1.165, 1.54) is 24.3 Å². The highest BCUT2D eigenvalue weighted by atomic mass is 32.2. The first-order chi connectivity index (χ1) is 9.86. The third-order valence-corrected chi connectivity index (χ3v) is 4.74. The van der Waals surface area contributed by atoms with Gasteiger partial charge in [-0.3, -0.25) is 4.79 Å². The molecule has 1 aliphatic heterocycles. The summed E-state index contributed by atoms with van der Waals surface area (Å²) in [6.07, 6.45) is 0. The fourth-order valence-corrected chi connectivity index (χ4v) is 3.63. The van der Waals surface area contributed by atoms with Crippen molar-refractivity contribution in [3.05, 3.63) is 29.8 Å². The Labute approximate surface area is 120 Å². The first-order valence-electron chi connectivity index (χ1n) is 5.69. The molecule has 0 unspecified atom stereocenters. The maximum absolute atomic E-state index is 12.4. The molecule has 9 heteroatoms. The number of esters is 2. The van der Waals surface area contributed by atoms with Crippen molar-refractivity contribution < 1.29 is 32.3 Å². The van der Waals surface area contributed by atoms with Gasteiger partial charge in [-0.05, 0) is 12.1 Å². The number of amides is 1. The second kappa shape index (κ2) is 5.17. The van der Waals surface area contributed by atoms with Crippen molar-refractivity contribution in [2.24, 2.45) is 0 Å². The van der Waals surface area contributed by atoms with Crippen molar-refractivity contribution in [1.82, 2.24) is 4.31 Å². The molecule has 0 fully saturated rings. The minimum atomic E-state index is -4.32. The van der Waals surface area contributed by atoms with Crippen LogP contribution in [0.15, 0.2) is 29.2 Å². The van der Waals surface area contributed by atoms with Crippen LogP contribution in [-0.2, 0) is 29.1 Å². The second-order valence-electron chi connectivity index (χ2n) is 4.05. The Morgan fingerprint density at radius 3 is 2.10 bits per heavy atom. The fraction of sp³-hybridized carbons (Fsp3) is 0.250. The van der Waals surface area contributed by atoms with E-state index >= 15 is 0 Å². The Kier molecular flexibility index (Phi) is 3.69. The predicted octanol–water partition coefficient (Wildman–Crippen LogP) is -0.454. The van der Waals surface area contributed by atoms with E-state index in [1.54, 1.807) is 0 Å². The molecule has 1 aliphatic rings. The number of nitrogens with zero attached hydrogens (tertiary/aromatic N) is 1. The van der Waals surface area contributed by atoms with Gasteiger partial charge in [0, 0.05) is 0 Å². The number of rotatable bonds is 3. The number of sulfonamides is 1. The van der Waals surface area contributed by atoms with Crippen LogP contribution in [0, 0.1) is 0 Å². The molecule has 1 aromatic rings. The van der Waals surface area contributed by atoms with Crippen LogP contribution >= 0.6 is 0 Å². The van der Waals surface area contributed by atoms with Gasteiger partial charge in [0.05, 0.1) is 19.8 Å². The van der Waals surface area contributed by atoms with Gasteiger partial charge in [0.25, 0.3) is 15.9 Å². The highest BCUT2D eigenvalue weighted by Crippen LogP contribution is 2.32. The summed E-state index contributed by atoms with van der Waals surface area (Å²) in [6, 6.07) is 3.40. The van der Waals surface area contributed by atoms with Gasteiger partial charge >= 0.3 is 11.9 Å². The van der Waals surface area contributed by atoms with Crippen LogP contribution in [0.25, 0.3) is 0 Å². The SMILES string of the molecule is COC(=O)C(C(=O)OC)N1C(=O)c2ccccc2S1(=O)=O. The summed E-state index contributed by atoms with van der Waals surface area (Å²) in [6.45, 7) is 0. The normalized spacial score (nSPS) is 15.8. The van der Waals surface area contributed by atoms with E-state index in [1.807, 2.05) is 0 Å². The molecule has 1 aromatic carbocycles. The molecular weight excluding hydrogens is 302 g/mol. The van der Waals surface area contributed by atoms with Gasteiger partial charge < -0.3 is 9.47 Å². The van der Waals surface area contributed by atoms with Crippen LogP contribution in [0.3, 0.4) is 0 Å². The number of hydrogen-bond donors (Lipinski definition) is 0. The molecule has 0 bridgehead atoms. The van der Waals surface area contributed by atoms with E-state index in [0.29, 0.717) is 0 Å². The monoisotopic (exact) mass is 313 g/mol. The number of fused-ring (bicyclic) bond motifs is 1. The van der Waals surface area contributed by atoms with Crippen molar-refractivity contribution >= 4 is 27.9 Å². The fourth-order valence-electron chi connectivity index (χ4n) is 1.97. The molecule has 0 saturated carbocycles. The van der Waals surface area contributed by atoms with Crippen LogP contribution in [0.4, 0.5) is 0 Å². The average molecular weight is 313 g/mol. The minimum Gasteiger partial charge on any atom is -0.467 e. The summed E-state index contributed by atoms with van der Waals surface area (Å²) in [5.41, 5.74) is -0.115. The van der Waals surface area contributed by atoms with Crippen LogP contribution in [0.2, 0.25) is 0 Å². The van der Waals surface area contributed by atoms with Crippen LogP contribution < -0.4 is 0 Å². The highest BCUT2D eigenvalue weighted by Gasteiger charge is 2.51. The third-order valence-electron chi connectivity index (χ3n) is 2.94. The van der Waals surface area contributed by atoms with Crippen molar-refractivity contribution in [2.75, 3.05) is 14.2 Å². The van der Waals surface area contributed by atoms with Gasteiger partial charge in [-0.1, -0.05) is 12.1 Å². The van der Waals surface area contributed by atoms with Crippen LogP contribution in [0.1, 0.15) is 10.4 Å². The Balaban J connectivity index is 2.61. The molecule has 8 nitrogen and oxygen atoms in total. The summed E-state index contributed by atoms with van der Waals surface area (Å²) in [5.74, 6) is -3.38. The van der Waals surface area contributed by atoms with E-state index < -0.39 is 33.9 Å². The minimum absolute atomic E-state index is 0.115. The number of hydrogen-bond acceptors (Lipinski definition) is 7. The number of carbonyl (C=O) groups is 3. The molecule has 0 aromatic heterocycles. The van der Waals surface area contributed by atoms with Gasteiger partial charge in [0.15, 0.2) is 0 Å². The summed E-state index contributed by atoms with van der Waals surface area (Å²) in [4.78, 5) is 35.4. The van der Waals surface area contributed by atoms with E-state index in [2.05, 4.69) is 9.47 Å². The zero-order valence-corrected chi connectivity index (χ0v) is 11.9. The van der Waals surface area contributed by atoms with Gasteiger partial charge in [-0.15, -0.1) is 0 Å². The Bertz CT molecular complexity index is 709. The first kappa shape index (κ1) is 15.0. The molecule has 1 heterocycles. The lowest BCUT2D eigenvalue weighted by Gasteiger charge is -2.22. The summed E-state index contributed by atoms with van der Waals surface area (Å²) < 4.78 is 33.7. The van der Waals surface area contributed by atoms with E-state index in [0.717, 1.165) is 14.2 Å².